The maximum atomic E-state index is 13.3. The molecule has 0 spiro atoms. The summed E-state index contributed by atoms with van der Waals surface area (Å²) >= 11 is 0. The summed E-state index contributed by atoms with van der Waals surface area (Å²) in [5.41, 5.74) is 3.12. The number of amides is 1. The Labute approximate surface area is 165 Å². The number of piperidine rings is 1. The summed E-state index contributed by atoms with van der Waals surface area (Å²) < 4.78 is 1.99. The average molecular weight is 377 g/mol. The number of nitrogens with zero attached hydrogens (tertiary/aromatic N) is 3. The number of carbonyl (C=O) groups excluding carboxylic acids is 1. The summed E-state index contributed by atoms with van der Waals surface area (Å²) in [7, 11) is 0. The molecule has 1 amide bonds. The number of carbonyl (C=O) groups is 1. The molecule has 1 atom stereocenters. The van der Waals surface area contributed by atoms with Crippen molar-refractivity contribution in [3.8, 4) is 0 Å². The van der Waals surface area contributed by atoms with Gasteiger partial charge < -0.3 is 14.6 Å². The smallest absolute Gasteiger partial charge is 0.245 e. The van der Waals surface area contributed by atoms with Crippen LogP contribution in [0.5, 0.6) is 0 Å². The van der Waals surface area contributed by atoms with Gasteiger partial charge in [0, 0.05) is 13.1 Å². The standard InChI is InChI=1S/C23H27N3O2/c1-3-20(26-16-24-19-9-4-5-10-21(19)26)22(27)25-13-11-23(28,12-14-25)18-8-6-7-17(2)15-18/h4-10,15-16,20,28H,3,11-14H2,1-2H3. The zero-order valence-electron chi connectivity index (χ0n) is 16.5. The molecule has 1 aliphatic rings. The number of hydrogen-bond donors (Lipinski definition) is 1. The van der Waals surface area contributed by atoms with Crippen LogP contribution in [0, 0.1) is 6.92 Å². The second kappa shape index (κ2) is 7.40. The SMILES string of the molecule is CCC(C(=O)N1CCC(O)(c2cccc(C)c2)CC1)n1cnc2ccccc21. The molecule has 5 nitrogen and oxygen atoms in total. The van der Waals surface area contributed by atoms with E-state index in [1.54, 1.807) is 6.33 Å². The Kier molecular flexibility index (Phi) is 4.94. The number of aromatic nitrogens is 2. The lowest BCUT2D eigenvalue weighted by Gasteiger charge is -2.40. The van der Waals surface area contributed by atoms with Crippen molar-refractivity contribution in [2.45, 2.75) is 44.8 Å². The van der Waals surface area contributed by atoms with E-state index in [4.69, 9.17) is 0 Å². The van der Waals surface area contributed by atoms with Gasteiger partial charge in [0.25, 0.3) is 0 Å². The molecule has 3 aromatic rings. The Bertz CT molecular complexity index is 986. The molecule has 2 aromatic carbocycles. The second-order valence-corrected chi connectivity index (χ2v) is 7.79. The van der Waals surface area contributed by atoms with Gasteiger partial charge in [-0.2, -0.15) is 0 Å². The van der Waals surface area contributed by atoms with Crippen LogP contribution in [0.1, 0.15) is 43.4 Å². The first-order chi connectivity index (χ1) is 13.5. The lowest BCUT2D eigenvalue weighted by molar-refractivity contribution is -0.139. The van der Waals surface area contributed by atoms with Gasteiger partial charge in [0.1, 0.15) is 6.04 Å². The predicted molar refractivity (Wildman–Crippen MR) is 110 cm³/mol. The van der Waals surface area contributed by atoms with Gasteiger partial charge in [0.05, 0.1) is 23.0 Å². The third-order valence-electron chi connectivity index (χ3n) is 5.95. The van der Waals surface area contributed by atoms with Crippen LogP contribution in [0.2, 0.25) is 0 Å². The monoisotopic (exact) mass is 377 g/mol. The molecule has 0 saturated carbocycles. The van der Waals surface area contributed by atoms with Crippen LogP contribution in [-0.4, -0.2) is 38.6 Å². The minimum absolute atomic E-state index is 0.108. The van der Waals surface area contributed by atoms with Crippen molar-refractivity contribution in [2.75, 3.05) is 13.1 Å². The van der Waals surface area contributed by atoms with E-state index in [-0.39, 0.29) is 11.9 Å². The van der Waals surface area contributed by atoms with Crippen LogP contribution in [-0.2, 0) is 10.4 Å². The van der Waals surface area contributed by atoms with Crippen LogP contribution >= 0.6 is 0 Å². The Morgan fingerprint density at radius 3 is 2.64 bits per heavy atom. The van der Waals surface area contributed by atoms with Gasteiger partial charge in [-0.25, -0.2) is 4.98 Å². The lowest BCUT2D eigenvalue weighted by Crippen LogP contribution is -2.47. The molecule has 1 saturated heterocycles. The van der Waals surface area contributed by atoms with Crippen LogP contribution in [0.15, 0.2) is 54.9 Å². The largest absolute Gasteiger partial charge is 0.385 e. The molecule has 146 valence electrons. The molecule has 5 heteroatoms. The summed E-state index contributed by atoms with van der Waals surface area (Å²) in [5.74, 6) is 0.108. The molecule has 0 bridgehead atoms. The fraction of sp³-hybridized carbons (Fsp3) is 0.391. The Hall–Kier alpha value is -2.66. The van der Waals surface area contributed by atoms with Crippen molar-refractivity contribution < 1.29 is 9.90 Å². The Balaban J connectivity index is 1.51. The molecule has 1 aromatic heterocycles. The first kappa shape index (κ1) is 18.7. The summed E-state index contributed by atoms with van der Waals surface area (Å²) in [4.78, 5) is 19.6. The highest BCUT2D eigenvalue weighted by Gasteiger charge is 2.37. The van der Waals surface area contributed by atoms with Gasteiger partial charge in [0.15, 0.2) is 0 Å². The van der Waals surface area contributed by atoms with Gasteiger partial charge in [-0.15, -0.1) is 0 Å². The van der Waals surface area contributed by atoms with Gasteiger partial charge in [-0.1, -0.05) is 48.9 Å². The topological polar surface area (TPSA) is 58.4 Å². The molecule has 1 unspecified atom stereocenters. The van der Waals surface area contributed by atoms with E-state index >= 15 is 0 Å². The third-order valence-corrected chi connectivity index (χ3v) is 5.95. The fourth-order valence-corrected chi connectivity index (χ4v) is 4.25. The van der Waals surface area contributed by atoms with Crippen LogP contribution in [0.3, 0.4) is 0 Å². The van der Waals surface area contributed by atoms with Gasteiger partial charge in [0.2, 0.25) is 5.91 Å². The van der Waals surface area contributed by atoms with Gasteiger partial charge in [-0.3, -0.25) is 4.79 Å². The molecular formula is C23H27N3O2. The number of aliphatic hydroxyl groups is 1. The van der Waals surface area contributed by atoms with Crippen molar-refractivity contribution >= 4 is 16.9 Å². The number of aryl methyl sites for hydroxylation is 1. The van der Waals surface area contributed by atoms with E-state index in [9.17, 15) is 9.90 Å². The van der Waals surface area contributed by atoms with Crippen LogP contribution < -0.4 is 0 Å². The number of likely N-dealkylation sites (tertiary alicyclic amines) is 1. The number of rotatable bonds is 4. The van der Waals surface area contributed by atoms with E-state index in [1.165, 1.54) is 0 Å². The van der Waals surface area contributed by atoms with E-state index in [0.717, 1.165) is 22.2 Å². The minimum atomic E-state index is -0.855. The van der Waals surface area contributed by atoms with Gasteiger partial charge >= 0.3 is 0 Å². The first-order valence-electron chi connectivity index (χ1n) is 10.0. The Morgan fingerprint density at radius 2 is 1.93 bits per heavy atom. The predicted octanol–water partition coefficient (Wildman–Crippen LogP) is 3.81. The van der Waals surface area contributed by atoms with E-state index in [2.05, 4.69) is 4.98 Å². The second-order valence-electron chi connectivity index (χ2n) is 7.79. The molecule has 1 aliphatic heterocycles. The number of hydrogen-bond acceptors (Lipinski definition) is 3. The van der Waals surface area contributed by atoms with Crippen molar-refractivity contribution in [1.82, 2.24) is 14.5 Å². The van der Waals surface area contributed by atoms with E-state index in [0.29, 0.717) is 32.4 Å². The zero-order valence-corrected chi connectivity index (χ0v) is 16.5. The van der Waals surface area contributed by atoms with Crippen LogP contribution in [0.25, 0.3) is 11.0 Å². The van der Waals surface area contributed by atoms with Gasteiger partial charge in [-0.05, 0) is 43.9 Å². The third kappa shape index (κ3) is 3.31. The highest BCUT2D eigenvalue weighted by atomic mass is 16.3. The first-order valence-corrected chi connectivity index (χ1v) is 10.0. The Morgan fingerprint density at radius 1 is 1.18 bits per heavy atom. The summed E-state index contributed by atoms with van der Waals surface area (Å²) in [5, 5.41) is 11.1. The molecular weight excluding hydrogens is 350 g/mol. The van der Waals surface area contributed by atoms with E-state index < -0.39 is 5.60 Å². The van der Waals surface area contributed by atoms with Crippen molar-refractivity contribution in [1.29, 1.82) is 0 Å². The molecule has 2 heterocycles. The summed E-state index contributed by atoms with van der Waals surface area (Å²) in [6.07, 6.45) is 3.59. The zero-order chi connectivity index (χ0) is 19.7. The quantitative estimate of drug-likeness (QED) is 0.752. The molecule has 0 radical (unpaired) electrons. The number of benzene rings is 2. The molecule has 4 rings (SSSR count). The summed E-state index contributed by atoms with van der Waals surface area (Å²) in [6, 6.07) is 15.7. The molecule has 1 N–H and O–H groups in total. The highest BCUT2D eigenvalue weighted by Crippen LogP contribution is 2.34. The maximum absolute atomic E-state index is 13.3. The molecule has 28 heavy (non-hydrogen) atoms. The van der Waals surface area contributed by atoms with Crippen molar-refractivity contribution in [2.24, 2.45) is 0 Å². The summed E-state index contributed by atoms with van der Waals surface area (Å²) in [6.45, 7) is 5.19. The lowest BCUT2D eigenvalue weighted by atomic mass is 9.83. The van der Waals surface area contributed by atoms with Crippen LogP contribution in [0.4, 0.5) is 0 Å². The minimum Gasteiger partial charge on any atom is -0.385 e. The normalized spacial score (nSPS) is 17.6. The fourth-order valence-electron chi connectivity index (χ4n) is 4.25. The molecule has 1 fully saturated rings. The number of imidazole rings is 1. The molecule has 0 aliphatic carbocycles. The van der Waals surface area contributed by atoms with Crippen molar-refractivity contribution in [3.05, 3.63) is 66.0 Å². The average Bonchev–Trinajstić information content (AvgIpc) is 3.13. The van der Waals surface area contributed by atoms with Crippen molar-refractivity contribution in [3.63, 3.8) is 0 Å². The van der Waals surface area contributed by atoms with E-state index in [1.807, 2.05) is 71.8 Å². The highest BCUT2D eigenvalue weighted by molar-refractivity contribution is 5.84. The maximum Gasteiger partial charge on any atom is 0.245 e. The number of para-hydroxylation sites is 2. The number of fused-ring (bicyclic) bond motifs is 1.